The number of aromatic nitrogens is 3. The van der Waals surface area contributed by atoms with Gasteiger partial charge in [-0.3, -0.25) is 0 Å². The molecule has 0 spiro atoms. The molecule has 5 heteroatoms. The zero-order valence-electron chi connectivity index (χ0n) is 24.6. The Morgan fingerprint density at radius 1 is 0.711 bits per heavy atom. The highest BCUT2D eigenvalue weighted by atomic mass is 32.2. The molecule has 214 valence electrons. The van der Waals surface area contributed by atoms with Gasteiger partial charge in [0.2, 0.25) is 0 Å². The average molecular weight is 542 g/mol. The summed E-state index contributed by atoms with van der Waals surface area (Å²) < 4.78 is 7.75. The summed E-state index contributed by atoms with van der Waals surface area (Å²) in [6, 6.07) is 8.28. The molecule has 1 aliphatic rings. The second kappa shape index (κ2) is 19.6. The molecule has 0 atom stereocenters. The number of thioether (sulfide) groups is 1. The quantitative estimate of drug-likeness (QED) is 0.147. The van der Waals surface area contributed by atoms with E-state index in [-0.39, 0.29) is 0 Å². The fraction of sp³-hybridized carbons (Fsp3) is 0.758. The number of unbranched alkanes of at least 4 members (excludes halogenated alkanes) is 15. The summed E-state index contributed by atoms with van der Waals surface area (Å²) in [5.41, 5.74) is 1.13. The van der Waals surface area contributed by atoms with E-state index in [0.717, 1.165) is 28.8 Å². The number of nitrogens with zero attached hydrogens (tertiary/aromatic N) is 3. The van der Waals surface area contributed by atoms with Crippen LogP contribution in [0, 0.1) is 0 Å². The van der Waals surface area contributed by atoms with Crippen LogP contribution in [-0.2, 0) is 6.54 Å². The normalized spacial score (nSPS) is 14.3. The Morgan fingerprint density at radius 3 is 1.76 bits per heavy atom. The number of rotatable bonds is 21. The van der Waals surface area contributed by atoms with Gasteiger partial charge in [0.25, 0.3) is 0 Å². The zero-order valence-corrected chi connectivity index (χ0v) is 25.4. The maximum atomic E-state index is 5.36. The molecule has 0 unspecified atom stereocenters. The van der Waals surface area contributed by atoms with Crippen molar-refractivity contribution in [3.05, 3.63) is 24.3 Å². The summed E-state index contributed by atoms with van der Waals surface area (Å²) >= 11 is 1.97. The van der Waals surface area contributed by atoms with Gasteiger partial charge in [-0.1, -0.05) is 134 Å². The average Bonchev–Trinajstić information content (AvgIpc) is 3.35. The lowest BCUT2D eigenvalue weighted by molar-refractivity contribution is 0.415. The van der Waals surface area contributed by atoms with Gasteiger partial charge in [0.05, 0.1) is 7.11 Å². The Morgan fingerprint density at radius 2 is 1.24 bits per heavy atom. The number of hydrogen-bond donors (Lipinski definition) is 0. The van der Waals surface area contributed by atoms with E-state index in [1.54, 1.807) is 7.11 Å². The maximum absolute atomic E-state index is 5.36. The van der Waals surface area contributed by atoms with Gasteiger partial charge in [0.15, 0.2) is 11.0 Å². The molecule has 1 aromatic heterocycles. The zero-order chi connectivity index (χ0) is 26.7. The minimum atomic E-state index is 0.696. The molecular weight excluding hydrogens is 486 g/mol. The van der Waals surface area contributed by atoms with E-state index in [2.05, 4.69) is 33.8 Å². The molecule has 1 saturated carbocycles. The minimum Gasteiger partial charge on any atom is -0.497 e. The van der Waals surface area contributed by atoms with E-state index in [9.17, 15) is 0 Å². The van der Waals surface area contributed by atoms with E-state index in [1.807, 2.05) is 23.9 Å². The second-order valence-electron chi connectivity index (χ2n) is 11.4. The fourth-order valence-electron chi connectivity index (χ4n) is 5.68. The Labute approximate surface area is 238 Å². The molecule has 2 aromatic rings. The standard InChI is InChI=1S/C33H55N3OS/c1-3-4-5-6-7-8-9-10-11-12-13-14-15-16-17-21-28-36-32(29-24-26-30(37-2)27-25-29)34-35-33(36)38-31-22-19-18-20-23-31/h24-27,31H,3-23,28H2,1-2H3. The van der Waals surface area contributed by atoms with Gasteiger partial charge < -0.3 is 9.30 Å². The third-order valence-electron chi connectivity index (χ3n) is 8.12. The molecule has 0 saturated heterocycles. The Kier molecular flexibility index (Phi) is 16.0. The van der Waals surface area contributed by atoms with E-state index in [1.165, 1.54) is 135 Å². The highest BCUT2D eigenvalue weighted by molar-refractivity contribution is 7.99. The van der Waals surface area contributed by atoms with Crippen molar-refractivity contribution >= 4 is 11.8 Å². The molecule has 1 aliphatic carbocycles. The molecule has 1 heterocycles. The van der Waals surface area contributed by atoms with Crippen molar-refractivity contribution in [1.29, 1.82) is 0 Å². The van der Waals surface area contributed by atoms with Crippen molar-refractivity contribution in [2.75, 3.05) is 7.11 Å². The van der Waals surface area contributed by atoms with Crippen molar-refractivity contribution in [2.45, 2.75) is 159 Å². The summed E-state index contributed by atoms with van der Waals surface area (Å²) in [4.78, 5) is 0. The predicted octanol–water partition coefficient (Wildman–Crippen LogP) is 10.6. The number of methoxy groups -OCH3 is 1. The monoisotopic (exact) mass is 541 g/mol. The van der Waals surface area contributed by atoms with Crippen LogP contribution in [0.1, 0.15) is 142 Å². The Hall–Kier alpha value is -1.49. The van der Waals surface area contributed by atoms with Gasteiger partial charge in [-0.2, -0.15) is 0 Å². The smallest absolute Gasteiger partial charge is 0.191 e. The van der Waals surface area contributed by atoms with Crippen LogP contribution < -0.4 is 4.74 Å². The van der Waals surface area contributed by atoms with Gasteiger partial charge in [0, 0.05) is 17.4 Å². The van der Waals surface area contributed by atoms with Crippen LogP contribution in [0.15, 0.2) is 29.4 Å². The van der Waals surface area contributed by atoms with Gasteiger partial charge in [-0.05, 0) is 43.5 Å². The lowest BCUT2D eigenvalue weighted by Crippen LogP contribution is -2.10. The van der Waals surface area contributed by atoms with Crippen LogP contribution >= 0.6 is 11.8 Å². The second-order valence-corrected chi connectivity index (χ2v) is 12.6. The lowest BCUT2D eigenvalue weighted by atomic mass is 10.0. The molecule has 3 rings (SSSR count). The third-order valence-corrected chi connectivity index (χ3v) is 9.44. The van der Waals surface area contributed by atoms with E-state index < -0.39 is 0 Å². The van der Waals surface area contributed by atoms with Crippen molar-refractivity contribution in [2.24, 2.45) is 0 Å². The van der Waals surface area contributed by atoms with Crippen molar-refractivity contribution < 1.29 is 4.74 Å². The summed E-state index contributed by atoms with van der Waals surface area (Å²) in [5, 5.41) is 11.1. The largest absolute Gasteiger partial charge is 0.497 e. The van der Waals surface area contributed by atoms with E-state index >= 15 is 0 Å². The molecule has 4 nitrogen and oxygen atoms in total. The van der Waals surface area contributed by atoms with Crippen LogP contribution in [0.25, 0.3) is 11.4 Å². The first kappa shape index (κ1) is 31.0. The topological polar surface area (TPSA) is 39.9 Å². The number of hydrogen-bond acceptors (Lipinski definition) is 4. The molecule has 1 fully saturated rings. The van der Waals surface area contributed by atoms with E-state index in [0.29, 0.717) is 5.25 Å². The summed E-state index contributed by atoms with van der Waals surface area (Å²) in [5.74, 6) is 1.89. The fourth-order valence-corrected chi connectivity index (χ4v) is 6.94. The summed E-state index contributed by atoms with van der Waals surface area (Å²) in [6.07, 6.45) is 29.2. The van der Waals surface area contributed by atoms with Crippen LogP contribution in [0.5, 0.6) is 5.75 Å². The van der Waals surface area contributed by atoms with Gasteiger partial charge >= 0.3 is 0 Å². The first-order valence-electron chi connectivity index (χ1n) is 16.1. The predicted molar refractivity (Wildman–Crippen MR) is 164 cm³/mol. The summed E-state index contributed by atoms with van der Waals surface area (Å²) in [7, 11) is 1.72. The van der Waals surface area contributed by atoms with Crippen molar-refractivity contribution in [3.63, 3.8) is 0 Å². The summed E-state index contributed by atoms with van der Waals surface area (Å²) in [6.45, 7) is 3.31. The molecule has 38 heavy (non-hydrogen) atoms. The van der Waals surface area contributed by atoms with Crippen LogP contribution in [-0.4, -0.2) is 27.1 Å². The van der Waals surface area contributed by atoms with Crippen molar-refractivity contribution in [3.8, 4) is 17.1 Å². The molecule has 0 radical (unpaired) electrons. The van der Waals surface area contributed by atoms with Crippen LogP contribution in [0.2, 0.25) is 0 Å². The Balaban J connectivity index is 1.33. The number of ether oxygens (including phenoxy) is 1. The highest BCUT2D eigenvalue weighted by Gasteiger charge is 2.20. The maximum Gasteiger partial charge on any atom is 0.191 e. The van der Waals surface area contributed by atoms with Crippen LogP contribution in [0.3, 0.4) is 0 Å². The first-order chi connectivity index (χ1) is 18.8. The van der Waals surface area contributed by atoms with Crippen LogP contribution in [0.4, 0.5) is 0 Å². The third kappa shape index (κ3) is 11.7. The SMILES string of the molecule is CCCCCCCCCCCCCCCCCCn1c(SC2CCCCC2)nnc1-c1ccc(OC)cc1. The van der Waals surface area contributed by atoms with Gasteiger partial charge in [0.1, 0.15) is 5.75 Å². The molecule has 0 amide bonds. The van der Waals surface area contributed by atoms with Gasteiger partial charge in [-0.25, -0.2) is 0 Å². The van der Waals surface area contributed by atoms with E-state index in [4.69, 9.17) is 4.74 Å². The molecule has 1 aromatic carbocycles. The first-order valence-corrected chi connectivity index (χ1v) is 16.9. The molecular formula is C33H55N3OS. The molecule has 0 aliphatic heterocycles. The molecule has 0 bridgehead atoms. The molecule has 0 N–H and O–H groups in total. The Bertz CT molecular complexity index is 844. The highest BCUT2D eigenvalue weighted by Crippen LogP contribution is 2.34. The lowest BCUT2D eigenvalue weighted by Gasteiger charge is -2.21. The van der Waals surface area contributed by atoms with Crippen molar-refractivity contribution in [1.82, 2.24) is 14.8 Å². The van der Waals surface area contributed by atoms with Gasteiger partial charge in [-0.15, -0.1) is 10.2 Å². The number of benzene rings is 1. The minimum absolute atomic E-state index is 0.696.